The van der Waals surface area contributed by atoms with Gasteiger partial charge < -0.3 is 19.5 Å². The molecule has 1 saturated carbocycles. The highest BCUT2D eigenvalue weighted by Gasteiger charge is 2.32. The molecule has 232 valence electrons. The molecule has 1 aliphatic carbocycles. The highest BCUT2D eigenvalue weighted by atomic mass is 32.2. The van der Waals surface area contributed by atoms with E-state index in [0.29, 0.717) is 18.2 Å². The third-order valence-electron chi connectivity index (χ3n) is 7.44. The molecule has 4 aromatic rings. The Kier molecular flexibility index (Phi) is 9.84. The van der Waals surface area contributed by atoms with Crippen LogP contribution in [0.4, 0.5) is 23.5 Å². The topological polar surface area (TPSA) is 115 Å². The first-order chi connectivity index (χ1) is 21.1. The van der Waals surface area contributed by atoms with Crippen molar-refractivity contribution in [2.75, 3.05) is 19.4 Å². The quantitative estimate of drug-likeness (QED) is 0.135. The predicted molar refractivity (Wildman–Crippen MR) is 156 cm³/mol. The maximum absolute atomic E-state index is 15.4. The van der Waals surface area contributed by atoms with Crippen LogP contribution in [0.1, 0.15) is 36.4 Å². The summed E-state index contributed by atoms with van der Waals surface area (Å²) in [7, 11) is 3.70. The van der Waals surface area contributed by atoms with E-state index in [2.05, 4.69) is 20.3 Å². The Bertz CT molecular complexity index is 1630. The smallest absolute Gasteiger partial charge is 0.228 e. The molecular formula is C30H29F4N6O3S-. The van der Waals surface area contributed by atoms with E-state index in [1.54, 1.807) is 36.4 Å². The lowest BCUT2D eigenvalue weighted by molar-refractivity contribution is 0.109. The molecule has 5 atom stereocenters. The summed E-state index contributed by atoms with van der Waals surface area (Å²) in [4.78, 5) is 14.7. The summed E-state index contributed by atoms with van der Waals surface area (Å²) in [5.74, 6) is -5.19. The molecule has 1 aliphatic rings. The molecule has 2 N–H and O–H groups in total. The number of anilines is 1. The fourth-order valence-electron chi connectivity index (χ4n) is 5.31. The summed E-state index contributed by atoms with van der Waals surface area (Å²) in [6.45, 7) is 0. The average molecular weight is 630 g/mol. The SMILES string of the molecule is CN(C)C1CCC(Nc2nccc(-c3cccnc3Oc3cc(F)c(C(NS(=O)[O-])c4ccccc4)c(F)c3F)n2)CC1F. The Morgan fingerprint density at radius 3 is 2.50 bits per heavy atom. The number of halogens is 4. The molecule has 0 amide bonds. The van der Waals surface area contributed by atoms with Crippen LogP contribution >= 0.6 is 0 Å². The standard InChI is InChI=1S/C30H30F4N6O3S/c1-40(2)23-11-10-18(15-20(23)31)37-30-36-14-12-22(38-30)19-9-6-13-35-29(19)43-24-16-21(32)25(27(34)26(24)33)28(39-44(41)42)17-7-4-3-5-8-17/h3-9,12-14,16,18,20,23,28,39H,10-11,15H2,1-2H3,(H,41,42)(H,36,37,38)/p-1. The largest absolute Gasteiger partial charge is 0.760 e. The van der Waals surface area contributed by atoms with E-state index in [1.165, 1.54) is 24.5 Å². The molecule has 5 rings (SSSR count). The second-order valence-electron chi connectivity index (χ2n) is 10.5. The summed E-state index contributed by atoms with van der Waals surface area (Å²) in [6, 6.07) is 11.1. The number of hydrogen-bond acceptors (Lipinski definition) is 8. The van der Waals surface area contributed by atoms with Crippen LogP contribution < -0.4 is 14.8 Å². The van der Waals surface area contributed by atoms with Gasteiger partial charge in [0, 0.05) is 53.8 Å². The third-order valence-corrected chi connectivity index (χ3v) is 7.87. The van der Waals surface area contributed by atoms with Gasteiger partial charge in [-0.1, -0.05) is 30.3 Å². The number of nitrogens with one attached hydrogen (secondary N) is 2. The van der Waals surface area contributed by atoms with Gasteiger partial charge in [0.1, 0.15) is 12.0 Å². The molecule has 0 aliphatic heterocycles. The Morgan fingerprint density at radius 2 is 1.80 bits per heavy atom. The summed E-state index contributed by atoms with van der Waals surface area (Å²) in [6.07, 6.45) is 3.49. The van der Waals surface area contributed by atoms with Crippen molar-refractivity contribution < 1.29 is 31.1 Å². The Hall–Kier alpha value is -3.98. The van der Waals surface area contributed by atoms with Crippen LogP contribution in [0.25, 0.3) is 11.3 Å². The van der Waals surface area contributed by atoms with Crippen LogP contribution in [0.5, 0.6) is 11.6 Å². The van der Waals surface area contributed by atoms with E-state index >= 15 is 13.2 Å². The average Bonchev–Trinajstić information content (AvgIpc) is 3.00. The van der Waals surface area contributed by atoms with Crippen LogP contribution in [-0.2, 0) is 11.3 Å². The second-order valence-corrected chi connectivity index (χ2v) is 11.2. The normalized spacial score (nSPS) is 19.9. The fourth-order valence-corrected chi connectivity index (χ4v) is 5.75. The zero-order valence-electron chi connectivity index (χ0n) is 23.7. The van der Waals surface area contributed by atoms with Crippen molar-refractivity contribution in [2.45, 2.75) is 43.6 Å². The fraction of sp³-hybridized carbons (Fsp3) is 0.300. The van der Waals surface area contributed by atoms with Crippen molar-refractivity contribution >= 4 is 17.2 Å². The van der Waals surface area contributed by atoms with Crippen molar-refractivity contribution in [3.05, 3.63) is 95.6 Å². The first-order valence-corrected chi connectivity index (χ1v) is 14.8. The van der Waals surface area contributed by atoms with Gasteiger partial charge in [-0.2, -0.15) is 4.39 Å². The minimum Gasteiger partial charge on any atom is -0.760 e. The van der Waals surface area contributed by atoms with Crippen LogP contribution in [-0.4, -0.2) is 61.0 Å². The van der Waals surface area contributed by atoms with Gasteiger partial charge in [0.15, 0.2) is 11.6 Å². The number of hydrogen-bond donors (Lipinski definition) is 2. The van der Waals surface area contributed by atoms with E-state index in [4.69, 9.17) is 4.74 Å². The Balaban J connectivity index is 1.41. The van der Waals surface area contributed by atoms with Crippen molar-refractivity contribution in [1.29, 1.82) is 0 Å². The molecule has 2 aromatic carbocycles. The van der Waals surface area contributed by atoms with Crippen molar-refractivity contribution in [3.63, 3.8) is 0 Å². The number of benzene rings is 2. The predicted octanol–water partition coefficient (Wildman–Crippen LogP) is 5.45. The van der Waals surface area contributed by atoms with Gasteiger partial charge in [0.25, 0.3) is 0 Å². The monoisotopic (exact) mass is 629 g/mol. The highest BCUT2D eigenvalue weighted by Crippen LogP contribution is 2.37. The first-order valence-electron chi connectivity index (χ1n) is 13.7. The molecule has 1 fully saturated rings. The lowest BCUT2D eigenvalue weighted by Crippen LogP contribution is -2.44. The van der Waals surface area contributed by atoms with Crippen LogP contribution in [0.3, 0.4) is 0 Å². The number of aromatic nitrogens is 3. The number of pyridine rings is 1. The van der Waals surface area contributed by atoms with Gasteiger partial charge in [-0.25, -0.2) is 32.8 Å². The number of nitrogens with zero attached hydrogens (tertiary/aromatic N) is 4. The maximum atomic E-state index is 15.4. The molecule has 14 heteroatoms. The zero-order valence-corrected chi connectivity index (χ0v) is 24.5. The molecule has 0 saturated heterocycles. The van der Waals surface area contributed by atoms with Gasteiger partial charge in [0.2, 0.25) is 17.6 Å². The zero-order chi connectivity index (χ0) is 31.4. The first kappa shape index (κ1) is 31.4. The van der Waals surface area contributed by atoms with E-state index in [9.17, 15) is 13.2 Å². The summed E-state index contributed by atoms with van der Waals surface area (Å²) < 4.78 is 91.3. The molecule has 5 unspecified atom stereocenters. The highest BCUT2D eigenvalue weighted by molar-refractivity contribution is 7.77. The Labute approximate surface area is 254 Å². The lowest BCUT2D eigenvalue weighted by Gasteiger charge is -2.35. The third kappa shape index (κ3) is 7.04. The summed E-state index contributed by atoms with van der Waals surface area (Å²) in [5.41, 5.74) is -0.0650. The van der Waals surface area contributed by atoms with Gasteiger partial charge in [0.05, 0.1) is 17.3 Å². The number of ether oxygens (including phenoxy) is 1. The van der Waals surface area contributed by atoms with Gasteiger partial charge >= 0.3 is 0 Å². The Morgan fingerprint density at radius 1 is 1.02 bits per heavy atom. The van der Waals surface area contributed by atoms with Gasteiger partial charge in [-0.05, 0) is 50.7 Å². The maximum Gasteiger partial charge on any atom is 0.228 e. The van der Waals surface area contributed by atoms with Crippen molar-refractivity contribution in [2.24, 2.45) is 0 Å². The van der Waals surface area contributed by atoms with E-state index in [1.807, 2.05) is 23.7 Å². The van der Waals surface area contributed by atoms with Crippen LogP contribution in [0.15, 0.2) is 67.0 Å². The molecule has 0 bridgehead atoms. The second kappa shape index (κ2) is 13.8. The van der Waals surface area contributed by atoms with Gasteiger partial charge in [-0.3, -0.25) is 4.21 Å². The molecule has 2 heterocycles. The minimum absolute atomic E-state index is 0.157. The summed E-state index contributed by atoms with van der Waals surface area (Å²) >= 11 is -2.93. The molecule has 0 spiro atoms. The minimum atomic E-state index is -2.93. The molecular weight excluding hydrogens is 600 g/mol. The molecule has 0 radical (unpaired) electrons. The van der Waals surface area contributed by atoms with E-state index < -0.39 is 52.2 Å². The number of alkyl halides is 1. The van der Waals surface area contributed by atoms with Crippen LogP contribution in [0.2, 0.25) is 0 Å². The molecule has 9 nitrogen and oxygen atoms in total. The molecule has 2 aromatic heterocycles. The van der Waals surface area contributed by atoms with Gasteiger partial charge in [-0.15, -0.1) is 0 Å². The van der Waals surface area contributed by atoms with E-state index in [-0.39, 0.29) is 41.5 Å². The van der Waals surface area contributed by atoms with Crippen LogP contribution in [0, 0.1) is 17.5 Å². The van der Waals surface area contributed by atoms with Crippen molar-refractivity contribution in [3.8, 4) is 22.9 Å². The van der Waals surface area contributed by atoms with E-state index in [0.717, 1.165) is 6.42 Å². The molecule has 44 heavy (non-hydrogen) atoms. The lowest BCUT2D eigenvalue weighted by atomic mass is 9.89. The number of rotatable bonds is 10. The summed E-state index contributed by atoms with van der Waals surface area (Å²) in [5, 5.41) is 3.17. The van der Waals surface area contributed by atoms with Crippen molar-refractivity contribution in [1.82, 2.24) is 24.6 Å².